The Morgan fingerprint density at radius 3 is 2.00 bits per heavy atom. The molecule has 0 radical (unpaired) electrons. The summed E-state index contributed by atoms with van der Waals surface area (Å²) in [5.41, 5.74) is 5.57. The first-order valence-electron chi connectivity index (χ1n) is 6.70. The summed E-state index contributed by atoms with van der Waals surface area (Å²) < 4.78 is 0. The van der Waals surface area contributed by atoms with Crippen LogP contribution in [0.1, 0.15) is 25.0 Å². The third-order valence-electron chi connectivity index (χ3n) is 3.87. The lowest BCUT2D eigenvalue weighted by Gasteiger charge is -2.34. The van der Waals surface area contributed by atoms with Gasteiger partial charge in [-0.2, -0.15) is 0 Å². The van der Waals surface area contributed by atoms with Crippen LogP contribution in [0.4, 0.5) is 0 Å². The van der Waals surface area contributed by atoms with E-state index in [2.05, 4.69) is 67.8 Å². The fourth-order valence-corrected chi connectivity index (χ4v) is 2.44. The van der Waals surface area contributed by atoms with Gasteiger partial charge in [0.15, 0.2) is 0 Å². The maximum Gasteiger partial charge on any atom is 0.0342 e. The predicted molar refractivity (Wildman–Crippen MR) is 80.7 cm³/mol. The van der Waals surface area contributed by atoms with Crippen molar-refractivity contribution in [3.8, 4) is 0 Å². The highest BCUT2D eigenvalue weighted by Gasteiger charge is 2.30. The molecular weight excluding hydrogens is 232 g/mol. The summed E-state index contributed by atoms with van der Waals surface area (Å²) in [6.07, 6.45) is 0.916. The molecule has 0 saturated heterocycles. The van der Waals surface area contributed by atoms with Gasteiger partial charge in [0.1, 0.15) is 0 Å². The van der Waals surface area contributed by atoms with E-state index in [1.807, 2.05) is 12.1 Å². The molecule has 0 aliphatic rings. The molecule has 2 nitrogen and oxygen atoms in total. The first-order chi connectivity index (χ1) is 9.14. The average Bonchev–Trinajstić information content (AvgIpc) is 2.46. The minimum Gasteiger partial charge on any atom is -0.271 e. The lowest BCUT2D eigenvalue weighted by molar-refractivity contribution is 0.341. The topological polar surface area (TPSA) is 38.0 Å². The zero-order valence-corrected chi connectivity index (χ0v) is 11.6. The van der Waals surface area contributed by atoms with Crippen molar-refractivity contribution >= 4 is 0 Å². The van der Waals surface area contributed by atoms with E-state index in [0.717, 1.165) is 6.42 Å². The molecule has 2 rings (SSSR count). The average molecular weight is 254 g/mol. The molecule has 2 aromatic rings. The summed E-state index contributed by atoms with van der Waals surface area (Å²) in [5.74, 6) is 5.79. The van der Waals surface area contributed by atoms with Gasteiger partial charge in [0.25, 0.3) is 0 Å². The van der Waals surface area contributed by atoms with Crippen molar-refractivity contribution in [1.29, 1.82) is 0 Å². The van der Waals surface area contributed by atoms with E-state index in [0.29, 0.717) is 0 Å². The Kier molecular flexibility index (Phi) is 4.35. The summed E-state index contributed by atoms with van der Waals surface area (Å²) in [4.78, 5) is 0. The van der Waals surface area contributed by atoms with Crippen LogP contribution in [0.5, 0.6) is 0 Å². The Balaban J connectivity index is 2.21. The van der Waals surface area contributed by atoms with Crippen LogP contribution in [0, 0.1) is 0 Å². The summed E-state index contributed by atoms with van der Waals surface area (Å²) in [6.45, 7) is 4.46. The molecule has 19 heavy (non-hydrogen) atoms. The van der Waals surface area contributed by atoms with E-state index < -0.39 is 0 Å². The molecule has 0 spiro atoms. The van der Waals surface area contributed by atoms with Crippen molar-refractivity contribution in [1.82, 2.24) is 5.43 Å². The highest BCUT2D eigenvalue weighted by Crippen LogP contribution is 2.28. The lowest BCUT2D eigenvalue weighted by Crippen LogP contribution is -2.49. The number of nitrogens with two attached hydrogens (primary N) is 1. The number of hydrogen-bond acceptors (Lipinski definition) is 2. The second kappa shape index (κ2) is 6.00. The quantitative estimate of drug-likeness (QED) is 0.636. The van der Waals surface area contributed by atoms with Crippen LogP contribution in [-0.2, 0) is 11.8 Å². The van der Waals surface area contributed by atoms with Crippen molar-refractivity contribution in [2.75, 3.05) is 0 Å². The molecule has 0 bridgehead atoms. The van der Waals surface area contributed by atoms with Gasteiger partial charge in [-0.25, -0.2) is 0 Å². The van der Waals surface area contributed by atoms with Crippen LogP contribution in [0.25, 0.3) is 0 Å². The van der Waals surface area contributed by atoms with E-state index >= 15 is 0 Å². The van der Waals surface area contributed by atoms with Crippen molar-refractivity contribution in [2.45, 2.75) is 31.7 Å². The Hall–Kier alpha value is -1.64. The standard InChI is InChI=1S/C17H22N2/c1-17(2,15-11-7-4-8-12-15)16(19-18)13-14-9-5-3-6-10-14/h3-12,16,19H,13,18H2,1-2H3. The Labute approximate surface area is 115 Å². The maximum atomic E-state index is 5.79. The van der Waals surface area contributed by atoms with Gasteiger partial charge >= 0.3 is 0 Å². The molecule has 100 valence electrons. The minimum absolute atomic E-state index is 0.0220. The zero-order valence-electron chi connectivity index (χ0n) is 11.6. The van der Waals surface area contributed by atoms with E-state index in [1.165, 1.54) is 11.1 Å². The molecule has 0 fully saturated rings. The second-order valence-corrected chi connectivity index (χ2v) is 5.50. The molecule has 1 unspecified atom stereocenters. The van der Waals surface area contributed by atoms with Gasteiger partial charge in [0.2, 0.25) is 0 Å². The van der Waals surface area contributed by atoms with Crippen LogP contribution >= 0.6 is 0 Å². The Bertz CT molecular complexity index is 491. The smallest absolute Gasteiger partial charge is 0.0342 e. The zero-order chi connectivity index (χ0) is 13.7. The molecule has 0 heterocycles. The van der Waals surface area contributed by atoms with Crippen LogP contribution in [0.3, 0.4) is 0 Å². The summed E-state index contributed by atoms with van der Waals surface area (Å²) in [6, 6.07) is 21.2. The highest BCUT2D eigenvalue weighted by atomic mass is 15.2. The number of hydrazine groups is 1. The summed E-state index contributed by atoms with van der Waals surface area (Å²) in [5, 5.41) is 0. The Morgan fingerprint density at radius 1 is 0.947 bits per heavy atom. The van der Waals surface area contributed by atoms with Crippen molar-refractivity contribution in [3.63, 3.8) is 0 Å². The lowest BCUT2D eigenvalue weighted by atomic mass is 9.76. The van der Waals surface area contributed by atoms with Crippen molar-refractivity contribution in [3.05, 3.63) is 71.8 Å². The summed E-state index contributed by atoms with van der Waals surface area (Å²) in [7, 11) is 0. The normalized spacial score (nSPS) is 13.2. The van der Waals surface area contributed by atoms with Gasteiger partial charge in [-0.3, -0.25) is 11.3 Å². The van der Waals surface area contributed by atoms with Gasteiger partial charge in [-0.1, -0.05) is 74.5 Å². The third-order valence-corrected chi connectivity index (χ3v) is 3.87. The van der Waals surface area contributed by atoms with Crippen LogP contribution in [0.15, 0.2) is 60.7 Å². The van der Waals surface area contributed by atoms with Crippen molar-refractivity contribution < 1.29 is 0 Å². The first kappa shape index (κ1) is 13.8. The molecule has 3 N–H and O–H groups in total. The molecule has 1 atom stereocenters. The highest BCUT2D eigenvalue weighted by molar-refractivity contribution is 5.27. The second-order valence-electron chi connectivity index (χ2n) is 5.50. The first-order valence-corrected chi connectivity index (χ1v) is 6.70. The van der Waals surface area contributed by atoms with Crippen LogP contribution in [0.2, 0.25) is 0 Å². The number of benzene rings is 2. The van der Waals surface area contributed by atoms with E-state index in [9.17, 15) is 0 Å². The van der Waals surface area contributed by atoms with Gasteiger partial charge in [0, 0.05) is 11.5 Å². The van der Waals surface area contributed by atoms with Gasteiger partial charge in [0.05, 0.1) is 0 Å². The molecule has 0 aliphatic heterocycles. The van der Waals surface area contributed by atoms with E-state index in [-0.39, 0.29) is 11.5 Å². The van der Waals surface area contributed by atoms with E-state index in [1.54, 1.807) is 0 Å². The molecule has 0 amide bonds. The van der Waals surface area contributed by atoms with Crippen LogP contribution < -0.4 is 11.3 Å². The number of nitrogens with one attached hydrogen (secondary N) is 1. The van der Waals surface area contributed by atoms with E-state index in [4.69, 9.17) is 5.84 Å². The minimum atomic E-state index is -0.0220. The van der Waals surface area contributed by atoms with Crippen molar-refractivity contribution in [2.24, 2.45) is 5.84 Å². The fourth-order valence-electron chi connectivity index (χ4n) is 2.44. The largest absolute Gasteiger partial charge is 0.271 e. The molecule has 0 aliphatic carbocycles. The number of rotatable bonds is 5. The van der Waals surface area contributed by atoms with Crippen LogP contribution in [-0.4, -0.2) is 6.04 Å². The fraction of sp³-hybridized carbons (Fsp3) is 0.294. The maximum absolute atomic E-state index is 5.79. The monoisotopic (exact) mass is 254 g/mol. The SMILES string of the molecule is CC(C)(c1ccccc1)C(Cc1ccccc1)NN. The number of hydrogen-bond donors (Lipinski definition) is 2. The molecular formula is C17H22N2. The van der Waals surface area contributed by atoms with Gasteiger partial charge in [-0.15, -0.1) is 0 Å². The van der Waals surface area contributed by atoms with Gasteiger partial charge < -0.3 is 0 Å². The third kappa shape index (κ3) is 3.22. The predicted octanol–water partition coefficient (Wildman–Crippen LogP) is 3.04. The molecule has 2 aromatic carbocycles. The van der Waals surface area contributed by atoms with Gasteiger partial charge in [-0.05, 0) is 17.5 Å². The molecule has 2 heteroatoms. The summed E-state index contributed by atoms with van der Waals surface area (Å²) >= 11 is 0. The molecule has 0 aromatic heterocycles. The Morgan fingerprint density at radius 2 is 1.47 bits per heavy atom. The molecule has 0 saturated carbocycles.